The third-order valence-electron chi connectivity index (χ3n) is 6.20. The molecular formula is C29H28N6O2. The highest BCUT2D eigenvalue weighted by Crippen LogP contribution is 2.33. The maximum absolute atomic E-state index is 12.6. The van der Waals surface area contributed by atoms with Crippen molar-refractivity contribution in [3.05, 3.63) is 96.3 Å². The van der Waals surface area contributed by atoms with Crippen LogP contribution in [-0.4, -0.2) is 27.9 Å². The number of nitrogen functional groups attached to an aromatic ring is 1. The number of nitrogens with one attached hydrogen (secondary N) is 1. The zero-order valence-electron chi connectivity index (χ0n) is 21.0. The molecule has 0 fully saturated rings. The van der Waals surface area contributed by atoms with Gasteiger partial charge in [-0.25, -0.2) is 0 Å². The van der Waals surface area contributed by atoms with Crippen molar-refractivity contribution in [1.29, 1.82) is 0 Å². The summed E-state index contributed by atoms with van der Waals surface area (Å²) < 4.78 is 7.08. The summed E-state index contributed by atoms with van der Waals surface area (Å²) in [5.74, 6) is 0.145. The lowest BCUT2D eigenvalue weighted by Gasteiger charge is -2.22. The normalized spacial score (nSPS) is 10.9. The Balaban J connectivity index is 1.22. The Morgan fingerprint density at radius 1 is 1.03 bits per heavy atom. The molecule has 0 spiro atoms. The molecule has 0 aliphatic heterocycles. The number of nitrogens with zero attached hydrogens (tertiary/aromatic N) is 4. The molecule has 3 N–H and O–H groups in total. The van der Waals surface area contributed by atoms with E-state index in [4.69, 9.17) is 10.3 Å². The van der Waals surface area contributed by atoms with Crippen molar-refractivity contribution in [1.82, 2.24) is 14.9 Å². The van der Waals surface area contributed by atoms with Crippen LogP contribution in [0.25, 0.3) is 22.4 Å². The van der Waals surface area contributed by atoms with Gasteiger partial charge in [0.1, 0.15) is 5.69 Å². The van der Waals surface area contributed by atoms with Crippen LogP contribution in [0.3, 0.4) is 0 Å². The second kappa shape index (κ2) is 10.0. The number of carbonyl (C=O) groups is 1. The average Bonchev–Trinajstić information content (AvgIpc) is 3.53. The van der Waals surface area contributed by atoms with E-state index in [2.05, 4.69) is 15.6 Å². The number of aryl methyl sites for hydroxylation is 2. The van der Waals surface area contributed by atoms with Gasteiger partial charge in [-0.2, -0.15) is 5.10 Å². The lowest BCUT2D eigenvalue weighted by molar-refractivity contribution is -0.115. The standard InChI is InChI=1S/C29H28N6O2/c1-19-5-4-6-22(13-19)26-16-29(37-33-26)32-28(36)14-20-7-10-24(11-8-20)35(3)27-12-9-21(15-25(27)30)23-17-31-34(2)18-23/h4-13,15-18H,14,30H2,1-3H3,(H,32,36). The second-order valence-electron chi connectivity index (χ2n) is 9.07. The molecular weight excluding hydrogens is 464 g/mol. The number of benzene rings is 3. The van der Waals surface area contributed by atoms with E-state index in [0.717, 1.165) is 39.2 Å². The summed E-state index contributed by atoms with van der Waals surface area (Å²) in [5, 5.41) is 11.1. The molecule has 5 rings (SSSR count). The van der Waals surface area contributed by atoms with Crippen LogP contribution < -0.4 is 16.0 Å². The molecule has 0 radical (unpaired) electrons. The van der Waals surface area contributed by atoms with E-state index in [1.807, 2.05) is 105 Å². The minimum absolute atomic E-state index is 0.178. The quantitative estimate of drug-likeness (QED) is 0.288. The maximum Gasteiger partial charge on any atom is 0.231 e. The van der Waals surface area contributed by atoms with E-state index in [0.29, 0.717) is 17.3 Å². The van der Waals surface area contributed by atoms with E-state index in [-0.39, 0.29) is 12.3 Å². The van der Waals surface area contributed by atoms with Crippen molar-refractivity contribution >= 4 is 28.9 Å². The molecule has 2 aromatic heterocycles. The first kappa shape index (κ1) is 23.9. The molecule has 0 aliphatic rings. The summed E-state index contributed by atoms with van der Waals surface area (Å²) in [6.45, 7) is 2.02. The fourth-order valence-electron chi connectivity index (χ4n) is 4.23. The van der Waals surface area contributed by atoms with E-state index in [9.17, 15) is 4.79 Å². The molecule has 1 amide bonds. The van der Waals surface area contributed by atoms with Gasteiger partial charge >= 0.3 is 0 Å². The van der Waals surface area contributed by atoms with Crippen molar-refractivity contribution in [2.24, 2.45) is 7.05 Å². The highest BCUT2D eigenvalue weighted by molar-refractivity contribution is 5.91. The molecule has 5 aromatic rings. The van der Waals surface area contributed by atoms with E-state index < -0.39 is 0 Å². The van der Waals surface area contributed by atoms with Gasteiger partial charge in [-0.05, 0) is 48.4 Å². The highest BCUT2D eigenvalue weighted by atomic mass is 16.5. The molecule has 0 bridgehead atoms. The Bertz CT molecular complexity index is 1550. The van der Waals surface area contributed by atoms with Gasteiger partial charge in [0.05, 0.1) is 24.0 Å². The number of anilines is 4. The SMILES string of the molecule is Cc1cccc(-c2cc(NC(=O)Cc3ccc(N(C)c4ccc(-c5cnn(C)c5)cc4N)cc3)on2)c1. The molecule has 0 atom stereocenters. The molecule has 8 nitrogen and oxygen atoms in total. The number of aromatic nitrogens is 3. The van der Waals surface area contributed by atoms with Gasteiger partial charge in [-0.15, -0.1) is 0 Å². The van der Waals surface area contributed by atoms with Gasteiger partial charge in [-0.1, -0.05) is 47.1 Å². The van der Waals surface area contributed by atoms with Crippen molar-refractivity contribution in [2.45, 2.75) is 13.3 Å². The molecule has 0 saturated heterocycles. The summed E-state index contributed by atoms with van der Waals surface area (Å²) in [7, 11) is 3.85. The van der Waals surface area contributed by atoms with E-state index >= 15 is 0 Å². The van der Waals surface area contributed by atoms with Crippen LogP contribution in [0, 0.1) is 6.92 Å². The van der Waals surface area contributed by atoms with Crippen molar-refractivity contribution in [3.8, 4) is 22.4 Å². The number of carbonyl (C=O) groups excluding carboxylic acids is 1. The van der Waals surface area contributed by atoms with Gasteiger partial charge < -0.3 is 15.2 Å². The van der Waals surface area contributed by atoms with Gasteiger partial charge in [0, 0.05) is 43.2 Å². The first-order chi connectivity index (χ1) is 17.9. The zero-order valence-corrected chi connectivity index (χ0v) is 21.0. The topological polar surface area (TPSA) is 102 Å². The van der Waals surface area contributed by atoms with Crippen LogP contribution in [0.1, 0.15) is 11.1 Å². The Kier molecular flexibility index (Phi) is 6.47. The minimum Gasteiger partial charge on any atom is -0.397 e. The van der Waals surface area contributed by atoms with Gasteiger partial charge in [0.2, 0.25) is 11.8 Å². The molecule has 186 valence electrons. The molecule has 37 heavy (non-hydrogen) atoms. The second-order valence-corrected chi connectivity index (χ2v) is 9.07. The highest BCUT2D eigenvalue weighted by Gasteiger charge is 2.13. The lowest BCUT2D eigenvalue weighted by Crippen LogP contribution is -2.14. The molecule has 0 unspecified atom stereocenters. The molecule has 8 heteroatoms. The summed E-state index contributed by atoms with van der Waals surface area (Å²) in [6.07, 6.45) is 3.99. The van der Waals surface area contributed by atoms with Crippen LogP contribution in [0.4, 0.5) is 22.9 Å². The zero-order chi connectivity index (χ0) is 25.9. The maximum atomic E-state index is 12.6. The molecule has 0 aliphatic carbocycles. The van der Waals surface area contributed by atoms with Gasteiger partial charge in [-0.3, -0.25) is 14.8 Å². The number of rotatable bonds is 7. The minimum atomic E-state index is -0.178. The predicted octanol–water partition coefficient (Wildman–Crippen LogP) is 5.58. The fourth-order valence-corrected chi connectivity index (χ4v) is 4.23. The Morgan fingerprint density at radius 3 is 2.54 bits per heavy atom. The van der Waals surface area contributed by atoms with Crippen molar-refractivity contribution in [2.75, 3.05) is 23.0 Å². The van der Waals surface area contributed by atoms with E-state index in [1.165, 1.54) is 0 Å². The lowest BCUT2D eigenvalue weighted by atomic mass is 10.1. The van der Waals surface area contributed by atoms with Crippen LogP contribution in [0.15, 0.2) is 89.7 Å². The fraction of sp³-hybridized carbons (Fsp3) is 0.138. The third-order valence-corrected chi connectivity index (χ3v) is 6.20. The van der Waals surface area contributed by atoms with Gasteiger partial charge in [0.25, 0.3) is 0 Å². The van der Waals surface area contributed by atoms with Crippen LogP contribution in [0.2, 0.25) is 0 Å². The number of hydrogen-bond acceptors (Lipinski definition) is 6. The van der Waals surface area contributed by atoms with Gasteiger partial charge in [0.15, 0.2) is 0 Å². The summed E-state index contributed by atoms with van der Waals surface area (Å²) >= 11 is 0. The Labute approximate surface area is 215 Å². The predicted molar refractivity (Wildman–Crippen MR) is 147 cm³/mol. The van der Waals surface area contributed by atoms with E-state index in [1.54, 1.807) is 10.7 Å². The first-order valence-corrected chi connectivity index (χ1v) is 11.9. The monoisotopic (exact) mass is 492 g/mol. The van der Waals surface area contributed by atoms with Crippen molar-refractivity contribution in [3.63, 3.8) is 0 Å². The number of nitrogens with two attached hydrogens (primary N) is 1. The average molecular weight is 493 g/mol. The third kappa shape index (κ3) is 5.38. The summed E-state index contributed by atoms with van der Waals surface area (Å²) in [4.78, 5) is 14.6. The molecule has 2 heterocycles. The van der Waals surface area contributed by atoms with Crippen LogP contribution in [0.5, 0.6) is 0 Å². The van der Waals surface area contributed by atoms with Crippen LogP contribution in [-0.2, 0) is 18.3 Å². The molecule has 0 saturated carbocycles. The Morgan fingerprint density at radius 2 is 1.84 bits per heavy atom. The first-order valence-electron chi connectivity index (χ1n) is 11.9. The number of amides is 1. The molecule has 3 aromatic carbocycles. The number of hydrogen-bond donors (Lipinski definition) is 2. The summed E-state index contributed by atoms with van der Waals surface area (Å²) in [5.41, 5.74) is 14.6. The largest absolute Gasteiger partial charge is 0.397 e. The summed E-state index contributed by atoms with van der Waals surface area (Å²) in [6, 6.07) is 23.5. The Hall–Kier alpha value is -4.85. The van der Waals surface area contributed by atoms with Crippen LogP contribution >= 0.6 is 0 Å². The van der Waals surface area contributed by atoms with Crippen molar-refractivity contribution < 1.29 is 9.32 Å². The smallest absolute Gasteiger partial charge is 0.231 e.